The second kappa shape index (κ2) is 15.5. The smallest absolute Gasteiger partial charge is 0.254 e. The minimum absolute atomic E-state index is 0.117. The minimum Gasteiger partial charge on any atom is -0.381 e. The summed E-state index contributed by atoms with van der Waals surface area (Å²) in [6.45, 7) is 11.0. The summed E-state index contributed by atoms with van der Waals surface area (Å²) in [5.74, 6) is -1.85. The summed E-state index contributed by atoms with van der Waals surface area (Å²) in [6, 6.07) is 13.8. The molecule has 0 unspecified atom stereocenters. The number of aliphatic hydroxyl groups excluding tert-OH is 1. The normalized spacial score (nSPS) is 19.7. The minimum atomic E-state index is -1.69. The molecule has 1 saturated carbocycles. The standard InChI is InChI=1S/C36H49N5O6S/c1-22(42)38-27(25-15-11-8-12-16-25)31(44)40-29(35(2,3)4)32(45)39-26(19-23-13-9-7-10-14-23)28(43)34(47)41-21-48-36(5,6)30(41)33(46)37-20-24-17-18-24/h7-16,24,26-30,43H,17-21H2,1-6H3,(H,37,46)(H,38,42)(H,39,45)(H,40,44)/t26-,27-,28-,29+,30+/m0/s1. The zero-order chi connectivity index (χ0) is 35.2. The Hall–Kier alpha value is -3.90. The third kappa shape index (κ3) is 9.59. The van der Waals surface area contributed by atoms with Crippen molar-refractivity contribution in [3.63, 3.8) is 0 Å². The van der Waals surface area contributed by atoms with E-state index < -0.39 is 64.1 Å². The Morgan fingerprint density at radius 2 is 1.52 bits per heavy atom. The highest BCUT2D eigenvalue weighted by molar-refractivity contribution is 8.00. The topological polar surface area (TPSA) is 157 Å². The van der Waals surface area contributed by atoms with Gasteiger partial charge in [-0.2, -0.15) is 0 Å². The Morgan fingerprint density at radius 1 is 0.917 bits per heavy atom. The van der Waals surface area contributed by atoms with Crippen LogP contribution in [-0.2, 0) is 30.4 Å². The lowest BCUT2D eigenvalue weighted by atomic mass is 9.85. The van der Waals surface area contributed by atoms with Gasteiger partial charge in [0.1, 0.15) is 18.1 Å². The molecule has 1 aliphatic heterocycles. The Kier molecular flexibility index (Phi) is 12.0. The van der Waals surface area contributed by atoms with Crippen molar-refractivity contribution in [3.8, 4) is 0 Å². The summed E-state index contributed by atoms with van der Waals surface area (Å²) >= 11 is 1.46. The lowest BCUT2D eigenvalue weighted by Crippen LogP contribution is -2.62. The zero-order valence-electron chi connectivity index (χ0n) is 28.6. The molecule has 0 bridgehead atoms. The van der Waals surface area contributed by atoms with Crippen LogP contribution < -0.4 is 21.3 Å². The van der Waals surface area contributed by atoms with Crippen LogP contribution in [0.25, 0.3) is 0 Å². The molecule has 1 saturated heterocycles. The van der Waals surface area contributed by atoms with E-state index in [2.05, 4.69) is 21.3 Å². The fourth-order valence-corrected chi connectivity index (χ4v) is 6.98. The van der Waals surface area contributed by atoms with Crippen molar-refractivity contribution in [2.24, 2.45) is 11.3 Å². The molecule has 0 spiro atoms. The van der Waals surface area contributed by atoms with E-state index in [-0.39, 0.29) is 18.2 Å². The van der Waals surface area contributed by atoms with Crippen molar-refractivity contribution < 1.29 is 29.1 Å². The SMILES string of the molecule is CC(=O)N[C@H](C(=O)N[C@H](C(=O)N[C@@H](Cc1ccccc1)[C@H](O)C(=O)N1CSC(C)(C)[C@H]1C(=O)NCC1CC1)C(C)(C)C)c1ccccc1. The van der Waals surface area contributed by atoms with Crippen molar-refractivity contribution in [1.82, 2.24) is 26.2 Å². The summed E-state index contributed by atoms with van der Waals surface area (Å²) in [5.41, 5.74) is 0.517. The average Bonchev–Trinajstić information content (AvgIpc) is 3.81. The van der Waals surface area contributed by atoms with Crippen LogP contribution in [0.2, 0.25) is 0 Å². The zero-order valence-corrected chi connectivity index (χ0v) is 29.4. The monoisotopic (exact) mass is 679 g/mol. The Morgan fingerprint density at radius 3 is 2.08 bits per heavy atom. The maximum absolute atomic E-state index is 14.1. The summed E-state index contributed by atoms with van der Waals surface area (Å²) in [6.07, 6.45) is 0.574. The number of carbonyl (C=O) groups excluding carboxylic acids is 5. The molecule has 48 heavy (non-hydrogen) atoms. The first kappa shape index (κ1) is 36.9. The van der Waals surface area contributed by atoms with Crippen molar-refractivity contribution in [2.45, 2.75) is 95.8 Å². The summed E-state index contributed by atoms with van der Waals surface area (Å²) in [7, 11) is 0. The van der Waals surface area contributed by atoms with Gasteiger partial charge in [-0.15, -0.1) is 11.8 Å². The Balaban J connectivity index is 1.58. The number of nitrogens with one attached hydrogen (secondary N) is 4. The van der Waals surface area contributed by atoms with Crippen LogP contribution in [0.5, 0.6) is 0 Å². The molecule has 2 aromatic rings. The van der Waals surface area contributed by atoms with Crippen LogP contribution in [0, 0.1) is 11.3 Å². The third-order valence-corrected chi connectivity index (χ3v) is 10.1. The van der Waals surface area contributed by atoms with Gasteiger partial charge in [-0.1, -0.05) is 81.4 Å². The van der Waals surface area contributed by atoms with E-state index in [1.165, 1.54) is 23.6 Å². The van der Waals surface area contributed by atoms with Gasteiger partial charge in [-0.25, -0.2) is 0 Å². The van der Waals surface area contributed by atoms with Crippen LogP contribution in [0.15, 0.2) is 60.7 Å². The van der Waals surface area contributed by atoms with Gasteiger partial charge < -0.3 is 31.3 Å². The van der Waals surface area contributed by atoms with Gasteiger partial charge in [-0.3, -0.25) is 24.0 Å². The number of aliphatic hydroxyl groups is 1. The van der Waals surface area contributed by atoms with Gasteiger partial charge in [0.05, 0.1) is 11.9 Å². The molecule has 1 aliphatic carbocycles. The molecule has 5 N–H and O–H groups in total. The number of thioether (sulfide) groups is 1. The van der Waals surface area contributed by atoms with Gasteiger partial charge in [-0.05, 0) is 55.6 Å². The molecule has 0 aromatic heterocycles. The molecule has 2 fully saturated rings. The van der Waals surface area contributed by atoms with E-state index in [1.807, 2.05) is 44.2 Å². The summed E-state index contributed by atoms with van der Waals surface area (Å²) < 4.78 is -0.591. The lowest BCUT2D eigenvalue weighted by molar-refractivity contribution is -0.148. The second-order valence-electron chi connectivity index (χ2n) is 14.4. The fraction of sp³-hybridized carbons (Fsp3) is 0.528. The van der Waals surface area contributed by atoms with Gasteiger partial charge in [0.25, 0.3) is 5.91 Å². The van der Waals surface area contributed by atoms with E-state index in [4.69, 9.17) is 0 Å². The van der Waals surface area contributed by atoms with Crippen molar-refractivity contribution >= 4 is 41.3 Å². The Bertz CT molecular complexity index is 1460. The molecule has 4 rings (SSSR count). The molecule has 5 atom stereocenters. The van der Waals surface area contributed by atoms with Crippen LogP contribution in [-0.4, -0.2) is 80.9 Å². The van der Waals surface area contributed by atoms with E-state index in [0.29, 0.717) is 18.0 Å². The van der Waals surface area contributed by atoms with Crippen LogP contribution >= 0.6 is 11.8 Å². The molecule has 0 radical (unpaired) electrons. The largest absolute Gasteiger partial charge is 0.381 e. The fourth-order valence-electron chi connectivity index (χ4n) is 5.84. The number of hydrogen-bond donors (Lipinski definition) is 5. The predicted octanol–water partition coefficient (Wildman–Crippen LogP) is 2.69. The summed E-state index contributed by atoms with van der Waals surface area (Å²) in [5, 5.41) is 23.0. The number of rotatable bonds is 13. The molecule has 11 nitrogen and oxygen atoms in total. The molecule has 260 valence electrons. The molecule has 2 aliphatic rings. The van der Waals surface area contributed by atoms with E-state index >= 15 is 0 Å². The number of hydrogen-bond acceptors (Lipinski definition) is 7. The van der Waals surface area contributed by atoms with E-state index in [9.17, 15) is 29.1 Å². The van der Waals surface area contributed by atoms with Crippen molar-refractivity contribution in [2.75, 3.05) is 12.4 Å². The first-order valence-electron chi connectivity index (χ1n) is 16.5. The molecule has 12 heteroatoms. The Labute approximate surface area is 287 Å². The maximum atomic E-state index is 14.1. The van der Waals surface area contributed by atoms with Gasteiger partial charge in [0.2, 0.25) is 23.6 Å². The van der Waals surface area contributed by atoms with Crippen molar-refractivity contribution in [3.05, 3.63) is 71.8 Å². The quantitative estimate of drug-likeness (QED) is 0.218. The van der Waals surface area contributed by atoms with Crippen LogP contribution in [0.1, 0.15) is 71.6 Å². The number of carbonyl (C=O) groups is 5. The molecular weight excluding hydrogens is 630 g/mol. The van der Waals surface area contributed by atoms with Crippen molar-refractivity contribution in [1.29, 1.82) is 0 Å². The number of nitrogens with zero attached hydrogens (tertiary/aromatic N) is 1. The first-order valence-corrected chi connectivity index (χ1v) is 17.4. The molecule has 1 heterocycles. The number of benzene rings is 2. The van der Waals surface area contributed by atoms with E-state index in [1.54, 1.807) is 51.1 Å². The lowest BCUT2D eigenvalue weighted by Gasteiger charge is -2.35. The first-order chi connectivity index (χ1) is 22.6. The third-order valence-electron chi connectivity index (χ3n) is 8.76. The molecular formula is C36H49N5O6S. The predicted molar refractivity (Wildman–Crippen MR) is 185 cm³/mol. The highest BCUT2D eigenvalue weighted by atomic mass is 32.2. The highest BCUT2D eigenvalue weighted by Crippen LogP contribution is 2.40. The van der Waals surface area contributed by atoms with E-state index in [0.717, 1.165) is 18.4 Å². The second-order valence-corrected chi connectivity index (χ2v) is 16.0. The van der Waals surface area contributed by atoms with Gasteiger partial charge in [0, 0.05) is 18.2 Å². The molecule has 2 aromatic carbocycles. The van der Waals surface area contributed by atoms with Crippen LogP contribution in [0.4, 0.5) is 0 Å². The van der Waals surface area contributed by atoms with Crippen LogP contribution in [0.3, 0.4) is 0 Å². The van der Waals surface area contributed by atoms with Gasteiger partial charge >= 0.3 is 0 Å². The molecule has 5 amide bonds. The average molecular weight is 680 g/mol. The van der Waals surface area contributed by atoms with Gasteiger partial charge in [0.15, 0.2) is 6.10 Å². The number of amides is 5. The highest BCUT2D eigenvalue weighted by Gasteiger charge is 2.50. The summed E-state index contributed by atoms with van der Waals surface area (Å²) in [4.78, 5) is 68.5. The maximum Gasteiger partial charge on any atom is 0.254 e.